The molecule has 6 nitrogen and oxygen atoms in total. The fourth-order valence-electron chi connectivity index (χ4n) is 2.24. The van der Waals surface area contributed by atoms with Crippen LogP contribution in [0, 0.1) is 0 Å². The normalized spacial score (nSPS) is 18.5. The van der Waals surface area contributed by atoms with Gasteiger partial charge in [-0.15, -0.1) is 0 Å². The number of ether oxygens (including phenoxy) is 1. The molecule has 0 amide bonds. The first-order chi connectivity index (χ1) is 9.57. The SMILES string of the molecule is CCc1ncc(S(=O)(=O)N2CCC(OCCBr)CC2)[nH]1. The first-order valence-corrected chi connectivity index (χ1v) is 9.35. The fourth-order valence-corrected chi connectivity index (χ4v) is 3.83. The Morgan fingerprint density at radius 3 is 2.75 bits per heavy atom. The number of H-pyrrole nitrogens is 1. The summed E-state index contributed by atoms with van der Waals surface area (Å²) in [6.45, 7) is 3.59. The number of nitrogens with one attached hydrogen (secondary N) is 1. The first kappa shape index (κ1) is 15.9. The van der Waals surface area contributed by atoms with Crippen molar-refractivity contribution in [2.75, 3.05) is 25.0 Å². The van der Waals surface area contributed by atoms with Gasteiger partial charge in [-0.25, -0.2) is 13.4 Å². The highest BCUT2D eigenvalue weighted by molar-refractivity contribution is 9.09. The molecule has 1 aromatic rings. The Hall–Kier alpha value is -0.440. The summed E-state index contributed by atoms with van der Waals surface area (Å²) in [4.78, 5) is 6.93. The molecule has 0 atom stereocenters. The van der Waals surface area contributed by atoms with Gasteiger partial charge in [-0.1, -0.05) is 22.9 Å². The van der Waals surface area contributed by atoms with E-state index in [0.29, 0.717) is 31.9 Å². The lowest BCUT2D eigenvalue weighted by Gasteiger charge is -2.30. The molecule has 0 bridgehead atoms. The number of nitrogens with zero attached hydrogens (tertiary/aromatic N) is 2. The molecule has 1 aromatic heterocycles. The van der Waals surface area contributed by atoms with Gasteiger partial charge < -0.3 is 9.72 Å². The molecule has 1 fully saturated rings. The fraction of sp³-hybridized carbons (Fsp3) is 0.750. The number of aryl methyl sites for hydroxylation is 1. The number of rotatable bonds is 6. The number of sulfonamides is 1. The minimum Gasteiger partial charge on any atom is -0.377 e. The van der Waals surface area contributed by atoms with E-state index in [1.807, 2.05) is 6.92 Å². The average Bonchev–Trinajstić information content (AvgIpc) is 2.95. The lowest BCUT2D eigenvalue weighted by Crippen LogP contribution is -2.41. The van der Waals surface area contributed by atoms with Gasteiger partial charge in [-0.05, 0) is 12.8 Å². The standard InChI is InChI=1S/C12H20BrN3O3S/c1-2-11-14-9-12(15-11)20(17,18)16-6-3-10(4-7-16)19-8-5-13/h9-10H,2-8H2,1H3,(H,14,15). The zero-order valence-corrected chi connectivity index (χ0v) is 13.9. The molecule has 1 saturated heterocycles. The van der Waals surface area contributed by atoms with Crippen LogP contribution in [0.2, 0.25) is 0 Å². The Bertz CT molecular complexity index is 524. The van der Waals surface area contributed by atoms with Crippen molar-refractivity contribution >= 4 is 26.0 Å². The molecule has 2 heterocycles. The molecule has 114 valence electrons. The van der Waals surface area contributed by atoms with Crippen molar-refractivity contribution in [3.63, 3.8) is 0 Å². The van der Waals surface area contributed by atoms with Gasteiger partial charge in [-0.3, -0.25) is 0 Å². The second kappa shape index (κ2) is 7.02. The highest BCUT2D eigenvalue weighted by Gasteiger charge is 2.30. The van der Waals surface area contributed by atoms with Crippen LogP contribution in [0.15, 0.2) is 11.2 Å². The van der Waals surface area contributed by atoms with Gasteiger partial charge in [0, 0.05) is 24.8 Å². The molecule has 2 rings (SSSR count). The Balaban J connectivity index is 1.98. The number of aromatic nitrogens is 2. The third kappa shape index (κ3) is 3.60. The Kier molecular flexibility index (Phi) is 5.59. The maximum Gasteiger partial charge on any atom is 0.260 e. The number of imidazole rings is 1. The summed E-state index contributed by atoms with van der Waals surface area (Å²) >= 11 is 3.32. The molecule has 0 unspecified atom stereocenters. The van der Waals surface area contributed by atoms with Crippen LogP contribution in [0.3, 0.4) is 0 Å². The van der Waals surface area contributed by atoms with Crippen LogP contribution >= 0.6 is 15.9 Å². The summed E-state index contributed by atoms with van der Waals surface area (Å²) in [6, 6.07) is 0. The molecule has 1 aliphatic rings. The molecule has 0 radical (unpaired) electrons. The number of halogens is 1. The molecule has 8 heteroatoms. The van der Waals surface area contributed by atoms with Crippen LogP contribution in [-0.2, 0) is 21.2 Å². The summed E-state index contributed by atoms with van der Waals surface area (Å²) in [5.41, 5.74) is 0. The third-order valence-electron chi connectivity index (χ3n) is 3.39. The van der Waals surface area contributed by atoms with E-state index in [1.54, 1.807) is 0 Å². The smallest absolute Gasteiger partial charge is 0.260 e. The van der Waals surface area contributed by atoms with Gasteiger partial charge in [0.05, 0.1) is 18.9 Å². The molecule has 20 heavy (non-hydrogen) atoms. The lowest BCUT2D eigenvalue weighted by atomic mass is 10.1. The van der Waals surface area contributed by atoms with Gasteiger partial charge in [0.2, 0.25) is 0 Å². The Labute approximate surface area is 128 Å². The molecule has 0 saturated carbocycles. The van der Waals surface area contributed by atoms with Gasteiger partial charge in [0.15, 0.2) is 5.03 Å². The summed E-state index contributed by atoms with van der Waals surface area (Å²) in [6.07, 6.45) is 3.73. The number of alkyl halides is 1. The number of hydrogen-bond acceptors (Lipinski definition) is 4. The van der Waals surface area contributed by atoms with E-state index >= 15 is 0 Å². The predicted octanol–water partition coefficient (Wildman–Crippen LogP) is 1.54. The molecular formula is C12H20BrN3O3S. The zero-order valence-electron chi connectivity index (χ0n) is 11.5. The maximum absolute atomic E-state index is 12.4. The highest BCUT2D eigenvalue weighted by atomic mass is 79.9. The van der Waals surface area contributed by atoms with Gasteiger partial charge in [-0.2, -0.15) is 4.31 Å². The van der Waals surface area contributed by atoms with Crippen molar-refractivity contribution in [2.45, 2.75) is 37.3 Å². The largest absolute Gasteiger partial charge is 0.377 e. The van der Waals surface area contributed by atoms with E-state index in [1.165, 1.54) is 10.5 Å². The van der Waals surface area contributed by atoms with Gasteiger partial charge in [0.1, 0.15) is 5.82 Å². The molecule has 0 aliphatic carbocycles. The molecule has 0 spiro atoms. The van der Waals surface area contributed by atoms with E-state index in [9.17, 15) is 8.42 Å². The van der Waals surface area contributed by atoms with Crippen molar-refractivity contribution in [3.8, 4) is 0 Å². The minimum absolute atomic E-state index is 0.159. The first-order valence-electron chi connectivity index (χ1n) is 6.79. The van der Waals surface area contributed by atoms with Crippen molar-refractivity contribution in [2.24, 2.45) is 0 Å². The molecule has 0 aromatic carbocycles. The van der Waals surface area contributed by atoms with E-state index in [4.69, 9.17) is 4.74 Å². The van der Waals surface area contributed by atoms with Crippen LogP contribution < -0.4 is 0 Å². The second-order valence-corrected chi connectivity index (χ2v) is 7.41. The van der Waals surface area contributed by atoms with Gasteiger partial charge >= 0.3 is 0 Å². The Morgan fingerprint density at radius 2 is 2.20 bits per heavy atom. The van der Waals surface area contributed by atoms with Crippen LogP contribution in [0.25, 0.3) is 0 Å². The van der Waals surface area contributed by atoms with Crippen LogP contribution in [0.4, 0.5) is 0 Å². The highest BCUT2D eigenvalue weighted by Crippen LogP contribution is 2.21. The predicted molar refractivity (Wildman–Crippen MR) is 79.5 cm³/mol. The van der Waals surface area contributed by atoms with Crippen molar-refractivity contribution < 1.29 is 13.2 Å². The minimum atomic E-state index is -3.44. The summed E-state index contributed by atoms with van der Waals surface area (Å²) in [5.74, 6) is 0.694. The van der Waals surface area contributed by atoms with Crippen molar-refractivity contribution in [3.05, 3.63) is 12.0 Å². The van der Waals surface area contributed by atoms with Crippen LogP contribution in [-0.4, -0.2) is 53.8 Å². The van der Waals surface area contributed by atoms with Crippen LogP contribution in [0.1, 0.15) is 25.6 Å². The van der Waals surface area contributed by atoms with E-state index in [0.717, 1.165) is 18.2 Å². The van der Waals surface area contributed by atoms with Crippen molar-refractivity contribution in [1.29, 1.82) is 0 Å². The quantitative estimate of drug-likeness (QED) is 0.775. The maximum atomic E-state index is 12.4. The average molecular weight is 366 g/mol. The van der Waals surface area contributed by atoms with Crippen LogP contribution in [0.5, 0.6) is 0 Å². The summed E-state index contributed by atoms with van der Waals surface area (Å²) < 4.78 is 32.0. The third-order valence-corrected chi connectivity index (χ3v) is 5.52. The molecular weight excluding hydrogens is 346 g/mol. The van der Waals surface area contributed by atoms with E-state index < -0.39 is 10.0 Å². The van der Waals surface area contributed by atoms with E-state index in [-0.39, 0.29) is 11.1 Å². The number of hydrogen-bond donors (Lipinski definition) is 1. The number of piperidine rings is 1. The summed E-state index contributed by atoms with van der Waals surface area (Å²) in [7, 11) is -3.44. The zero-order chi connectivity index (χ0) is 14.6. The topological polar surface area (TPSA) is 75.3 Å². The van der Waals surface area contributed by atoms with Gasteiger partial charge in [0.25, 0.3) is 10.0 Å². The van der Waals surface area contributed by atoms with E-state index in [2.05, 4.69) is 25.9 Å². The van der Waals surface area contributed by atoms with Crippen molar-refractivity contribution in [1.82, 2.24) is 14.3 Å². The number of aromatic amines is 1. The Morgan fingerprint density at radius 1 is 1.50 bits per heavy atom. The second-order valence-electron chi connectivity index (χ2n) is 4.71. The monoisotopic (exact) mass is 365 g/mol. The molecule has 1 aliphatic heterocycles. The molecule has 1 N–H and O–H groups in total. The lowest BCUT2D eigenvalue weighted by molar-refractivity contribution is 0.0309. The summed E-state index contributed by atoms with van der Waals surface area (Å²) in [5, 5.41) is 0.994.